The van der Waals surface area contributed by atoms with Gasteiger partial charge < -0.3 is 10.2 Å². The summed E-state index contributed by atoms with van der Waals surface area (Å²) in [6, 6.07) is 15.6. The minimum Gasteiger partial charge on any atom is -0.354 e. The fourth-order valence-electron chi connectivity index (χ4n) is 2.97. The Labute approximate surface area is 182 Å². The molecule has 5 heteroatoms. The summed E-state index contributed by atoms with van der Waals surface area (Å²) in [4.78, 5) is 27.4. The van der Waals surface area contributed by atoms with Crippen LogP contribution in [0.15, 0.2) is 53.0 Å². The van der Waals surface area contributed by atoms with Gasteiger partial charge in [-0.2, -0.15) is 0 Å². The summed E-state index contributed by atoms with van der Waals surface area (Å²) in [6.07, 6.45) is 1.04. The van der Waals surface area contributed by atoms with E-state index in [1.54, 1.807) is 11.8 Å². The third-order valence-corrected chi connectivity index (χ3v) is 5.39. The fourth-order valence-corrected chi connectivity index (χ4v) is 3.24. The highest BCUT2D eigenvalue weighted by Gasteiger charge is 2.25. The highest BCUT2D eigenvalue weighted by Crippen LogP contribution is 2.16. The lowest BCUT2D eigenvalue weighted by Gasteiger charge is -2.29. The van der Waals surface area contributed by atoms with Crippen LogP contribution in [0.2, 0.25) is 0 Å². The predicted molar refractivity (Wildman–Crippen MR) is 122 cm³/mol. The summed E-state index contributed by atoms with van der Waals surface area (Å²) >= 11 is 3.44. The van der Waals surface area contributed by atoms with Crippen LogP contribution in [0.3, 0.4) is 0 Å². The molecule has 1 unspecified atom stereocenters. The summed E-state index contributed by atoms with van der Waals surface area (Å²) in [5, 5.41) is 2.95. The van der Waals surface area contributed by atoms with Crippen molar-refractivity contribution in [2.45, 2.75) is 53.1 Å². The lowest BCUT2D eigenvalue weighted by molar-refractivity contribution is -0.140. The van der Waals surface area contributed by atoms with Crippen LogP contribution < -0.4 is 5.32 Å². The SMILES string of the molecule is Cc1ccc(CCC(=O)N(Cc2ccc(Br)cc2)C(C)C(=O)NCC(C)C)cc1. The van der Waals surface area contributed by atoms with Crippen molar-refractivity contribution < 1.29 is 9.59 Å². The molecule has 0 aliphatic heterocycles. The number of carbonyl (C=O) groups is 2. The Balaban J connectivity index is 2.10. The number of nitrogens with zero attached hydrogens (tertiary/aromatic N) is 1. The highest BCUT2D eigenvalue weighted by atomic mass is 79.9. The molecule has 0 radical (unpaired) electrons. The van der Waals surface area contributed by atoms with Crippen molar-refractivity contribution in [2.75, 3.05) is 6.54 Å². The van der Waals surface area contributed by atoms with Gasteiger partial charge >= 0.3 is 0 Å². The first-order chi connectivity index (χ1) is 13.8. The zero-order valence-corrected chi connectivity index (χ0v) is 19.3. The third kappa shape index (κ3) is 7.65. The molecule has 0 saturated carbocycles. The molecule has 0 fully saturated rings. The van der Waals surface area contributed by atoms with Crippen LogP contribution in [0.5, 0.6) is 0 Å². The topological polar surface area (TPSA) is 49.4 Å². The van der Waals surface area contributed by atoms with Gasteiger partial charge in [0.1, 0.15) is 6.04 Å². The monoisotopic (exact) mass is 458 g/mol. The van der Waals surface area contributed by atoms with Gasteiger partial charge in [0.25, 0.3) is 0 Å². The first-order valence-corrected chi connectivity index (χ1v) is 10.9. The molecule has 29 heavy (non-hydrogen) atoms. The molecule has 0 bridgehead atoms. The van der Waals surface area contributed by atoms with Gasteiger partial charge in [-0.15, -0.1) is 0 Å². The molecule has 0 heterocycles. The zero-order valence-electron chi connectivity index (χ0n) is 17.7. The second-order valence-corrected chi connectivity index (χ2v) is 8.86. The molecule has 2 rings (SSSR count). The molecule has 0 saturated heterocycles. The molecule has 0 aliphatic rings. The van der Waals surface area contributed by atoms with Crippen LogP contribution in [-0.2, 0) is 22.6 Å². The van der Waals surface area contributed by atoms with Crippen LogP contribution in [0.4, 0.5) is 0 Å². The molecule has 0 aromatic heterocycles. The molecule has 156 valence electrons. The predicted octanol–water partition coefficient (Wildman–Crippen LogP) is 4.88. The van der Waals surface area contributed by atoms with E-state index in [1.807, 2.05) is 31.2 Å². The summed E-state index contributed by atoms with van der Waals surface area (Å²) in [7, 11) is 0. The molecule has 1 N–H and O–H groups in total. The lowest BCUT2D eigenvalue weighted by atomic mass is 10.1. The first-order valence-electron chi connectivity index (χ1n) is 10.1. The number of rotatable bonds is 9. The first kappa shape index (κ1) is 23.1. The van der Waals surface area contributed by atoms with Crippen molar-refractivity contribution >= 4 is 27.7 Å². The van der Waals surface area contributed by atoms with Gasteiger partial charge in [0, 0.05) is 24.0 Å². The molecule has 1 atom stereocenters. The van der Waals surface area contributed by atoms with Crippen LogP contribution >= 0.6 is 15.9 Å². The van der Waals surface area contributed by atoms with E-state index in [9.17, 15) is 9.59 Å². The van der Waals surface area contributed by atoms with Gasteiger partial charge in [-0.3, -0.25) is 9.59 Å². The van der Waals surface area contributed by atoms with E-state index >= 15 is 0 Å². The highest BCUT2D eigenvalue weighted by molar-refractivity contribution is 9.10. The number of aryl methyl sites for hydroxylation is 2. The van der Waals surface area contributed by atoms with E-state index in [1.165, 1.54) is 5.56 Å². The second-order valence-electron chi connectivity index (χ2n) is 7.95. The third-order valence-electron chi connectivity index (χ3n) is 4.87. The van der Waals surface area contributed by atoms with Crippen molar-refractivity contribution in [1.82, 2.24) is 10.2 Å². The Hall–Kier alpha value is -2.14. The summed E-state index contributed by atoms with van der Waals surface area (Å²) < 4.78 is 0.987. The number of hydrogen-bond acceptors (Lipinski definition) is 2. The number of benzene rings is 2. The molecule has 0 aliphatic carbocycles. The number of amides is 2. The van der Waals surface area contributed by atoms with Crippen molar-refractivity contribution in [2.24, 2.45) is 5.92 Å². The van der Waals surface area contributed by atoms with Crippen molar-refractivity contribution in [1.29, 1.82) is 0 Å². The van der Waals surface area contributed by atoms with E-state index in [4.69, 9.17) is 0 Å². The maximum Gasteiger partial charge on any atom is 0.242 e. The largest absolute Gasteiger partial charge is 0.354 e. The van der Waals surface area contributed by atoms with E-state index in [2.05, 4.69) is 59.4 Å². The Bertz CT molecular complexity index is 801. The molecule has 2 amide bonds. The minimum atomic E-state index is -0.525. The smallest absolute Gasteiger partial charge is 0.242 e. The van der Waals surface area contributed by atoms with Crippen molar-refractivity contribution in [3.8, 4) is 0 Å². The van der Waals surface area contributed by atoms with Gasteiger partial charge in [-0.1, -0.05) is 71.7 Å². The summed E-state index contributed by atoms with van der Waals surface area (Å²) in [5.41, 5.74) is 3.33. The molecule has 0 spiro atoms. The normalized spacial score (nSPS) is 11.9. The van der Waals surface area contributed by atoms with E-state index in [0.717, 1.165) is 15.6 Å². The average Bonchev–Trinajstić information content (AvgIpc) is 2.70. The van der Waals surface area contributed by atoms with Crippen molar-refractivity contribution in [3.63, 3.8) is 0 Å². The molecule has 2 aromatic carbocycles. The number of carbonyl (C=O) groups excluding carboxylic acids is 2. The maximum atomic E-state index is 13.1. The van der Waals surface area contributed by atoms with Crippen molar-refractivity contribution in [3.05, 3.63) is 69.7 Å². The van der Waals surface area contributed by atoms with Gasteiger partial charge in [0.05, 0.1) is 0 Å². The van der Waals surface area contributed by atoms with Crippen LogP contribution in [0.1, 0.15) is 43.9 Å². The van der Waals surface area contributed by atoms with Gasteiger partial charge in [-0.05, 0) is 49.4 Å². The van der Waals surface area contributed by atoms with E-state index in [-0.39, 0.29) is 11.8 Å². The molecular weight excluding hydrogens is 428 g/mol. The van der Waals surface area contributed by atoms with Crippen LogP contribution in [-0.4, -0.2) is 29.3 Å². The number of hydrogen-bond donors (Lipinski definition) is 1. The Morgan fingerprint density at radius 2 is 1.55 bits per heavy atom. The van der Waals surface area contributed by atoms with Crippen LogP contribution in [0.25, 0.3) is 0 Å². The quantitative estimate of drug-likeness (QED) is 0.581. The summed E-state index contributed by atoms with van der Waals surface area (Å²) in [5.74, 6) is 0.239. The Morgan fingerprint density at radius 3 is 2.14 bits per heavy atom. The van der Waals surface area contributed by atoms with Crippen LogP contribution in [0, 0.1) is 12.8 Å². The van der Waals surface area contributed by atoms with Gasteiger partial charge in [0.15, 0.2) is 0 Å². The molecule has 2 aromatic rings. The van der Waals surface area contributed by atoms with E-state index in [0.29, 0.717) is 31.8 Å². The Kier molecular flexibility index (Phi) is 8.90. The average molecular weight is 459 g/mol. The molecule has 4 nitrogen and oxygen atoms in total. The zero-order chi connectivity index (χ0) is 21.4. The second kappa shape index (κ2) is 11.1. The van der Waals surface area contributed by atoms with Gasteiger partial charge in [0.2, 0.25) is 11.8 Å². The number of nitrogens with one attached hydrogen (secondary N) is 1. The van der Waals surface area contributed by atoms with Gasteiger partial charge in [-0.25, -0.2) is 0 Å². The Morgan fingerprint density at radius 1 is 0.966 bits per heavy atom. The fraction of sp³-hybridized carbons (Fsp3) is 0.417. The maximum absolute atomic E-state index is 13.1. The minimum absolute atomic E-state index is 0.0132. The number of halogens is 1. The lowest BCUT2D eigenvalue weighted by Crippen LogP contribution is -2.48. The van der Waals surface area contributed by atoms with E-state index < -0.39 is 6.04 Å². The standard InChI is InChI=1S/C24H31BrN2O2/c1-17(2)15-26-24(29)19(4)27(16-21-9-12-22(25)13-10-21)23(28)14-11-20-7-5-18(3)6-8-20/h5-10,12-13,17,19H,11,14-16H2,1-4H3,(H,26,29). The summed E-state index contributed by atoms with van der Waals surface area (Å²) in [6.45, 7) is 8.97. The molecular formula is C24H31BrN2O2.